The highest BCUT2D eigenvalue weighted by molar-refractivity contribution is 5.83. The molecule has 0 N–H and O–H groups in total. The molecule has 1 saturated carbocycles. The average molecular weight is 181 g/mol. The van der Waals surface area contributed by atoms with Crippen LogP contribution in [0.1, 0.15) is 39.0 Å². The zero-order chi connectivity index (χ0) is 9.26. The van der Waals surface area contributed by atoms with Crippen LogP contribution in [0.4, 0.5) is 0 Å². The van der Waals surface area contributed by atoms with Crippen molar-refractivity contribution in [1.29, 1.82) is 0 Å². The van der Waals surface area contributed by atoms with Crippen LogP contribution >= 0.6 is 0 Å². The van der Waals surface area contributed by atoms with Crippen LogP contribution < -0.4 is 0 Å². The summed E-state index contributed by atoms with van der Waals surface area (Å²) >= 11 is 0. The van der Waals surface area contributed by atoms with E-state index in [1.165, 1.54) is 19.4 Å². The van der Waals surface area contributed by atoms with Gasteiger partial charge in [-0.25, -0.2) is 0 Å². The molecule has 2 atom stereocenters. The van der Waals surface area contributed by atoms with Crippen LogP contribution in [0.3, 0.4) is 0 Å². The van der Waals surface area contributed by atoms with Gasteiger partial charge in [0.2, 0.25) is 0 Å². The summed E-state index contributed by atoms with van der Waals surface area (Å²) in [5.41, 5.74) is 0. The minimum Gasteiger partial charge on any atom is -0.300 e. The lowest BCUT2D eigenvalue weighted by molar-refractivity contribution is -0.122. The molecule has 0 bridgehead atoms. The van der Waals surface area contributed by atoms with Crippen LogP contribution in [0.5, 0.6) is 0 Å². The van der Waals surface area contributed by atoms with E-state index in [0.29, 0.717) is 17.7 Å². The van der Waals surface area contributed by atoms with Gasteiger partial charge in [-0.1, -0.05) is 6.92 Å². The van der Waals surface area contributed by atoms with Crippen molar-refractivity contribution in [1.82, 2.24) is 4.90 Å². The van der Waals surface area contributed by atoms with Gasteiger partial charge in [0.25, 0.3) is 0 Å². The summed E-state index contributed by atoms with van der Waals surface area (Å²) in [7, 11) is 0. The van der Waals surface area contributed by atoms with Crippen molar-refractivity contribution in [3.63, 3.8) is 0 Å². The first-order valence-corrected chi connectivity index (χ1v) is 5.59. The number of hydrogen-bond donors (Lipinski definition) is 0. The molecule has 1 heterocycles. The van der Waals surface area contributed by atoms with Gasteiger partial charge in [-0.05, 0) is 38.8 Å². The minimum absolute atomic E-state index is 0.391. The number of rotatable bonds is 2. The van der Waals surface area contributed by atoms with E-state index in [4.69, 9.17) is 0 Å². The van der Waals surface area contributed by atoms with Crippen molar-refractivity contribution in [3.8, 4) is 0 Å². The standard InChI is InChI=1S/C11H19NO/c1-2-12-8-4-6-10(12)9-5-3-7-11(9)13/h9-10H,2-8H2,1H3. The van der Waals surface area contributed by atoms with Crippen LogP contribution in [0.15, 0.2) is 0 Å². The fourth-order valence-corrected chi connectivity index (χ4v) is 2.95. The number of Topliss-reactive ketones (excluding diaryl/α,β-unsaturated/α-hetero) is 1. The van der Waals surface area contributed by atoms with Gasteiger partial charge in [0.05, 0.1) is 0 Å². The molecule has 13 heavy (non-hydrogen) atoms. The Morgan fingerprint density at radius 1 is 1.38 bits per heavy atom. The topological polar surface area (TPSA) is 20.3 Å². The summed E-state index contributed by atoms with van der Waals surface area (Å²) in [6.45, 7) is 4.54. The van der Waals surface area contributed by atoms with Crippen LogP contribution in [0.2, 0.25) is 0 Å². The number of nitrogens with zero attached hydrogens (tertiary/aromatic N) is 1. The van der Waals surface area contributed by atoms with Crippen molar-refractivity contribution in [3.05, 3.63) is 0 Å². The quantitative estimate of drug-likeness (QED) is 0.648. The highest BCUT2D eigenvalue weighted by atomic mass is 16.1. The maximum Gasteiger partial charge on any atom is 0.137 e. The van der Waals surface area contributed by atoms with E-state index >= 15 is 0 Å². The van der Waals surface area contributed by atoms with E-state index in [1.807, 2.05) is 0 Å². The number of hydrogen-bond acceptors (Lipinski definition) is 2. The van der Waals surface area contributed by atoms with Gasteiger partial charge in [0.1, 0.15) is 5.78 Å². The van der Waals surface area contributed by atoms with Crippen LogP contribution in [0, 0.1) is 5.92 Å². The largest absolute Gasteiger partial charge is 0.300 e. The lowest BCUT2D eigenvalue weighted by Crippen LogP contribution is -2.37. The van der Waals surface area contributed by atoms with Crippen LogP contribution in [0.25, 0.3) is 0 Å². The maximum atomic E-state index is 11.6. The molecule has 2 aliphatic rings. The van der Waals surface area contributed by atoms with E-state index in [1.54, 1.807) is 0 Å². The predicted molar refractivity (Wildman–Crippen MR) is 52.6 cm³/mol. The highest BCUT2D eigenvalue weighted by Crippen LogP contribution is 2.32. The van der Waals surface area contributed by atoms with Crippen molar-refractivity contribution < 1.29 is 4.79 Å². The third kappa shape index (κ3) is 1.64. The molecule has 0 radical (unpaired) electrons. The predicted octanol–water partition coefficient (Wildman–Crippen LogP) is 1.84. The summed E-state index contributed by atoms with van der Waals surface area (Å²) in [5.74, 6) is 0.924. The number of carbonyl (C=O) groups is 1. The first-order valence-electron chi connectivity index (χ1n) is 5.59. The van der Waals surface area contributed by atoms with Crippen molar-refractivity contribution in [2.24, 2.45) is 5.92 Å². The van der Waals surface area contributed by atoms with E-state index in [9.17, 15) is 4.79 Å². The second-order valence-electron chi connectivity index (χ2n) is 4.30. The third-order valence-electron chi connectivity index (χ3n) is 3.64. The smallest absolute Gasteiger partial charge is 0.137 e. The summed E-state index contributed by atoms with van der Waals surface area (Å²) in [4.78, 5) is 14.1. The molecule has 2 fully saturated rings. The Kier molecular flexibility index (Phi) is 2.68. The molecule has 0 aromatic rings. The highest BCUT2D eigenvalue weighted by Gasteiger charge is 2.37. The van der Waals surface area contributed by atoms with Gasteiger partial charge in [-0.3, -0.25) is 9.69 Å². The number of ketones is 1. The lowest BCUT2D eigenvalue weighted by Gasteiger charge is -2.27. The molecule has 2 nitrogen and oxygen atoms in total. The first kappa shape index (κ1) is 9.20. The molecule has 74 valence electrons. The van der Waals surface area contributed by atoms with E-state index in [2.05, 4.69) is 11.8 Å². The molecule has 1 aliphatic heterocycles. The Labute approximate surface area is 80.3 Å². The van der Waals surface area contributed by atoms with E-state index < -0.39 is 0 Å². The number of carbonyl (C=O) groups excluding carboxylic acids is 1. The van der Waals surface area contributed by atoms with Gasteiger partial charge in [-0.15, -0.1) is 0 Å². The van der Waals surface area contributed by atoms with Crippen LogP contribution in [-0.4, -0.2) is 29.8 Å². The molecular formula is C11H19NO. The summed E-state index contributed by atoms with van der Waals surface area (Å²) in [6.07, 6.45) is 5.68. The number of likely N-dealkylation sites (tertiary alicyclic amines) is 1. The Hall–Kier alpha value is -0.370. The Morgan fingerprint density at radius 3 is 2.85 bits per heavy atom. The molecular weight excluding hydrogens is 162 g/mol. The first-order chi connectivity index (χ1) is 6.33. The summed E-state index contributed by atoms with van der Waals surface area (Å²) < 4.78 is 0. The summed E-state index contributed by atoms with van der Waals surface area (Å²) in [6, 6.07) is 0.597. The van der Waals surface area contributed by atoms with E-state index in [0.717, 1.165) is 25.8 Å². The zero-order valence-electron chi connectivity index (χ0n) is 8.46. The fourth-order valence-electron chi connectivity index (χ4n) is 2.95. The van der Waals surface area contributed by atoms with Gasteiger partial charge < -0.3 is 0 Å². The molecule has 2 unspecified atom stereocenters. The van der Waals surface area contributed by atoms with Gasteiger partial charge in [0, 0.05) is 18.4 Å². The van der Waals surface area contributed by atoms with Gasteiger partial charge >= 0.3 is 0 Å². The molecule has 0 spiro atoms. The molecule has 1 aliphatic carbocycles. The minimum atomic E-state index is 0.391. The van der Waals surface area contributed by atoms with E-state index in [-0.39, 0.29) is 0 Å². The normalized spacial score (nSPS) is 35.9. The van der Waals surface area contributed by atoms with Crippen molar-refractivity contribution in [2.45, 2.75) is 45.1 Å². The van der Waals surface area contributed by atoms with Gasteiger partial charge in [-0.2, -0.15) is 0 Å². The third-order valence-corrected chi connectivity index (χ3v) is 3.64. The molecule has 2 heteroatoms. The SMILES string of the molecule is CCN1CCCC1C1CCCC1=O. The molecule has 2 rings (SSSR count). The average Bonchev–Trinajstić information content (AvgIpc) is 2.71. The summed E-state index contributed by atoms with van der Waals surface area (Å²) in [5, 5.41) is 0. The molecule has 0 aromatic heterocycles. The maximum absolute atomic E-state index is 11.6. The zero-order valence-corrected chi connectivity index (χ0v) is 8.46. The molecule has 0 aromatic carbocycles. The molecule has 0 amide bonds. The second kappa shape index (κ2) is 3.79. The molecule has 1 saturated heterocycles. The Bertz CT molecular complexity index is 202. The lowest BCUT2D eigenvalue weighted by atomic mass is 9.95. The second-order valence-corrected chi connectivity index (χ2v) is 4.30. The van der Waals surface area contributed by atoms with Crippen molar-refractivity contribution >= 4 is 5.78 Å². The fraction of sp³-hybridized carbons (Fsp3) is 0.909. The Balaban J connectivity index is 2.02. The van der Waals surface area contributed by atoms with Crippen LogP contribution in [-0.2, 0) is 4.79 Å². The van der Waals surface area contributed by atoms with Gasteiger partial charge in [0.15, 0.2) is 0 Å². The monoisotopic (exact) mass is 181 g/mol. The Morgan fingerprint density at radius 2 is 2.23 bits per heavy atom. The van der Waals surface area contributed by atoms with Crippen molar-refractivity contribution in [2.75, 3.05) is 13.1 Å².